The summed E-state index contributed by atoms with van der Waals surface area (Å²) < 4.78 is 69.5. The third-order valence-corrected chi connectivity index (χ3v) is 16.2. The van der Waals surface area contributed by atoms with Crippen LogP contribution in [0, 0.1) is 13.8 Å². The maximum Gasteiger partial charge on any atom is 0.269 e. The number of ether oxygens (including phenoxy) is 2. The summed E-state index contributed by atoms with van der Waals surface area (Å²) >= 11 is 0. The van der Waals surface area contributed by atoms with Gasteiger partial charge in [0.2, 0.25) is 0 Å². The lowest BCUT2D eigenvalue weighted by Crippen LogP contribution is -2.13. The molecule has 0 spiro atoms. The van der Waals surface area contributed by atoms with Gasteiger partial charge in [-0.1, -0.05) is 132 Å². The maximum atomic E-state index is 14.0. The summed E-state index contributed by atoms with van der Waals surface area (Å²) in [6, 6.07) is 60.4. The molecule has 0 N–H and O–H groups in total. The van der Waals surface area contributed by atoms with Crippen LogP contribution in [0.25, 0.3) is 87.9 Å². The van der Waals surface area contributed by atoms with Crippen LogP contribution in [0.15, 0.2) is 204 Å². The van der Waals surface area contributed by atoms with Crippen molar-refractivity contribution < 1.29 is 26.3 Å². The number of methoxy groups -OCH3 is 2. The van der Waals surface area contributed by atoms with E-state index in [0.29, 0.717) is 22.3 Å². The fourth-order valence-corrected chi connectivity index (χ4v) is 12.3. The molecule has 0 bridgehead atoms. The largest absolute Gasteiger partial charge is 0.497 e. The van der Waals surface area contributed by atoms with Crippen molar-refractivity contribution >= 4 is 85.7 Å². The highest BCUT2D eigenvalue weighted by Gasteiger charge is 2.29. The monoisotopic (exact) mass is 956 g/mol. The average molecular weight is 957 g/mol. The molecule has 10 nitrogen and oxygen atoms in total. The van der Waals surface area contributed by atoms with Gasteiger partial charge in [0.1, 0.15) is 11.5 Å². The van der Waals surface area contributed by atoms with E-state index < -0.39 is 20.0 Å². The van der Waals surface area contributed by atoms with Gasteiger partial charge in [-0.15, -0.1) is 0 Å². The Hall–Kier alpha value is -8.32. The lowest BCUT2D eigenvalue weighted by Gasteiger charge is -2.12. The van der Waals surface area contributed by atoms with E-state index in [1.807, 2.05) is 184 Å². The third-order valence-electron chi connectivity index (χ3n) is 12.8. The van der Waals surface area contributed by atoms with Gasteiger partial charge < -0.3 is 9.47 Å². The third kappa shape index (κ3) is 7.31. The van der Waals surface area contributed by atoms with Crippen LogP contribution in [0.1, 0.15) is 11.1 Å². The molecule has 12 heteroatoms. The highest BCUT2D eigenvalue weighted by molar-refractivity contribution is 7.90. The summed E-state index contributed by atoms with van der Waals surface area (Å²) in [6.45, 7) is 3.87. The van der Waals surface area contributed by atoms with Gasteiger partial charge in [-0.3, -0.25) is 0 Å². The minimum atomic E-state index is -3.91. The molecule has 12 aromatic rings. The van der Waals surface area contributed by atoms with Crippen molar-refractivity contribution in [1.82, 2.24) is 17.9 Å². The fourth-order valence-electron chi connectivity index (χ4n) is 9.39. The highest BCUT2D eigenvalue weighted by atomic mass is 32.2. The minimum absolute atomic E-state index is 0.228. The SMILES string of the molecule is COc1ccc(-c2c3ccccc3nc3c2c2ccccc2n3S(=O)(=O)c2ccc(C)cc2)cc1.COc1ccc(-c2c3ccccc3nc3c2c2ccccc2n3S(=O)(=O)c2ccc(C)cc2)cc1. The molecule has 70 heavy (non-hydrogen) atoms. The summed E-state index contributed by atoms with van der Waals surface area (Å²) in [4.78, 5) is 10.3. The smallest absolute Gasteiger partial charge is 0.269 e. The first-order valence-electron chi connectivity index (χ1n) is 22.5. The van der Waals surface area contributed by atoms with Crippen LogP contribution >= 0.6 is 0 Å². The first-order valence-corrected chi connectivity index (χ1v) is 25.4. The van der Waals surface area contributed by atoms with Crippen LogP contribution in [-0.2, 0) is 20.0 Å². The molecular weight excluding hydrogens is 913 g/mol. The Bertz CT molecular complexity index is 3950. The topological polar surface area (TPSA) is 122 Å². The number of rotatable bonds is 8. The normalized spacial score (nSPS) is 11.9. The zero-order valence-corrected chi connectivity index (χ0v) is 40.2. The number of aryl methyl sites for hydroxylation is 2. The molecule has 12 rings (SSSR count). The molecule has 344 valence electrons. The molecule has 0 unspecified atom stereocenters. The molecule has 8 aromatic carbocycles. The standard InChI is InChI=1S/2C29H22N2O3S/c2*1-19-11-17-22(18-12-19)35(32,33)31-26-10-6-4-8-24(26)28-27(20-13-15-21(34-2)16-14-20)23-7-3-5-9-25(23)30-29(28)31/h2*3-18H,1-2H3. The number of nitrogens with zero attached hydrogens (tertiary/aromatic N) is 4. The maximum absolute atomic E-state index is 14.0. The molecule has 0 aliphatic heterocycles. The van der Waals surface area contributed by atoms with Gasteiger partial charge >= 0.3 is 0 Å². The van der Waals surface area contributed by atoms with Crippen LogP contribution in [0.3, 0.4) is 0 Å². The Kier molecular flexibility index (Phi) is 10.9. The molecule has 0 aliphatic rings. The second-order valence-electron chi connectivity index (χ2n) is 17.1. The second kappa shape index (κ2) is 17.3. The molecule has 0 amide bonds. The van der Waals surface area contributed by atoms with E-state index in [1.54, 1.807) is 38.5 Å². The quantitative estimate of drug-likeness (QED) is 0.148. The molecule has 0 aliphatic carbocycles. The first kappa shape index (κ1) is 44.2. The number of para-hydroxylation sites is 4. The van der Waals surface area contributed by atoms with Crippen molar-refractivity contribution in [3.05, 3.63) is 205 Å². The fraction of sp³-hybridized carbons (Fsp3) is 0.0690. The summed E-state index contributed by atoms with van der Waals surface area (Å²) in [5.41, 5.74) is 9.30. The summed E-state index contributed by atoms with van der Waals surface area (Å²) in [5.74, 6) is 1.51. The van der Waals surface area contributed by atoms with E-state index in [9.17, 15) is 16.8 Å². The van der Waals surface area contributed by atoms with Gasteiger partial charge in [-0.05, 0) is 97.8 Å². The number of hydrogen-bond acceptors (Lipinski definition) is 8. The van der Waals surface area contributed by atoms with Gasteiger partial charge in [0.25, 0.3) is 20.0 Å². The zero-order chi connectivity index (χ0) is 48.3. The predicted octanol–water partition coefficient (Wildman–Crippen LogP) is 13.1. The Morgan fingerprint density at radius 2 is 0.714 bits per heavy atom. The van der Waals surface area contributed by atoms with E-state index in [0.717, 1.165) is 88.2 Å². The van der Waals surface area contributed by atoms with Crippen LogP contribution in [-0.4, -0.2) is 49.0 Å². The van der Waals surface area contributed by atoms with Gasteiger partial charge in [0.05, 0.1) is 46.1 Å². The van der Waals surface area contributed by atoms with E-state index in [2.05, 4.69) is 0 Å². The number of aromatic nitrogens is 4. The molecule has 0 saturated heterocycles. The summed E-state index contributed by atoms with van der Waals surface area (Å²) in [7, 11) is -4.54. The lowest BCUT2D eigenvalue weighted by molar-refractivity contribution is 0.415. The zero-order valence-electron chi connectivity index (χ0n) is 38.5. The molecule has 0 fully saturated rings. The summed E-state index contributed by atoms with van der Waals surface area (Å²) in [6.07, 6.45) is 0. The van der Waals surface area contributed by atoms with Crippen molar-refractivity contribution in [3.8, 4) is 33.8 Å². The highest BCUT2D eigenvalue weighted by Crippen LogP contribution is 2.44. The number of hydrogen-bond donors (Lipinski definition) is 0. The van der Waals surface area contributed by atoms with Crippen LogP contribution < -0.4 is 9.47 Å². The van der Waals surface area contributed by atoms with E-state index in [-0.39, 0.29) is 9.79 Å². The van der Waals surface area contributed by atoms with Crippen LogP contribution in [0.5, 0.6) is 11.5 Å². The Morgan fingerprint density at radius 1 is 0.386 bits per heavy atom. The van der Waals surface area contributed by atoms with Gasteiger partial charge in [0, 0.05) is 43.4 Å². The van der Waals surface area contributed by atoms with Crippen molar-refractivity contribution in [3.63, 3.8) is 0 Å². The molecular formula is C58H44N4O6S2. The number of benzene rings is 8. The Balaban J connectivity index is 0.000000152. The van der Waals surface area contributed by atoms with Crippen molar-refractivity contribution in [1.29, 1.82) is 0 Å². The number of pyridine rings is 2. The van der Waals surface area contributed by atoms with Crippen LogP contribution in [0.4, 0.5) is 0 Å². The second-order valence-corrected chi connectivity index (χ2v) is 20.6. The molecule has 0 saturated carbocycles. The van der Waals surface area contributed by atoms with Crippen LogP contribution in [0.2, 0.25) is 0 Å². The Labute approximate surface area is 404 Å². The van der Waals surface area contributed by atoms with Crippen molar-refractivity contribution in [2.45, 2.75) is 23.6 Å². The van der Waals surface area contributed by atoms with Gasteiger partial charge in [-0.2, -0.15) is 0 Å². The Morgan fingerprint density at radius 3 is 1.07 bits per heavy atom. The van der Waals surface area contributed by atoms with E-state index >= 15 is 0 Å². The first-order chi connectivity index (χ1) is 34.0. The molecule has 0 atom stereocenters. The summed E-state index contributed by atoms with van der Waals surface area (Å²) in [5, 5.41) is 5.20. The minimum Gasteiger partial charge on any atom is -0.497 e. The predicted molar refractivity (Wildman–Crippen MR) is 281 cm³/mol. The number of fused-ring (bicyclic) bond motifs is 8. The van der Waals surface area contributed by atoms with Crippen molar-refractivity contribution in [2.24, 2.45) is 0 Å². The average Bonchev–Trinajstić information content (AvgIpc) is 3.91. The lowest BCUT2D eigenvalue weighted by atomic mass is 9.96. The molecule has 0 radical (unpaired) electrons. The molecule has 4 aromatic heterocycles. The van der Waals surface area contributed by atoms with Crippen molar-refractivity contribution in [2.75, 3.05) is 14.2 Å². The van der Waals surface area contributed by atoms with Gasteiger partial charge in [0.15, 0.2) is 11.3 Å². The van der Waals surface area contributed by atoms with Gasteiger partial charge in [-0.25, -0.2) is 34.7 Å². The van der Waals surface area contributed by atoms with E-state index in [4.69, 9.17) is 19.4 Å². The molecule has 4 heterocycles. The van der Waals surface area contributed by atoms with E-state index in [1.165, 1.54) is 7.94 Å².